The Labute approximate surface area is 205 Å². The van der Waals surface area contributed by atoms with Crippen LogP contribution >= 0.6 is 0 Å². The molecule has 3 aromatic carbocycles. The van der Waals surface area contributed by atoms with Crippen LogP contribution in [-0.2, 0) is 16.2 Å². The van der Waals surface area contributed by atoms with Crippen LogP contribution in [-0.4, -0.2) is 12.1 Å². The molecule has 2 heteroatoms. The molecule has 0 aliphatic carbocycles. The zero-order valence-electron chi connectivity index (χ0n) is 22.2. The van der Waals surface area contributed by atoms with Crippen molar-refractivity contribution in [2.45, 2.75) is 78.6 Å². The van der Waals surface area contributed by atoms with Crippen molar-refractivity contribution in [2.24, 2.45) is 0 Å². The molecule has 0 aliphatic heterocycles. The van der Waals surface area contributed by atoms with Crippen molar-refractivity contribution < 1.29 is 9.59 Å². The molecule has 0 unspecified atom stereocenters. The maximum atomic E-state index is 13.8. The molecular formula is C32H38O2. The maximum absolute atomic E-state index is 13.8. The third kappa shape index (κ3) is 5.55. The predicted octanol–water partition coefficient (Wildman–Crippen LogP) is 8.29. The summed E-state index contributed by atoms with van der Waals surface area (Å²) in [6.45, 7) is 19.8. The molecule has 3 aromatic rings. The van der Waals surface area contributed by atoms with Crippen LogP contribution in [0.5, 0.6) is 0 Å². The van der Waals surface area contributed by atoms with Gasteiger partial charge in [-0.15, -0.1) is 0 Å². The summed E-state index contributed by atoms with van der Waals surface area (Å²) in [5.74, 6) is -0.0305. The van der Waals surface area contributed by atoms with Gasteiger partial charge in [0.25, 0.3) is 0 Å². The first-order valence-corrected chi connectivity index (χ1v) is 12.0. The van der Waals surface area contributed by atoms with E-state index in [0.717, 1.165) is 23.0 Å². The molecule has 0 spiro atoms. The molecule has 0 saturated heterocycles. The van der Waals surface area contributed by atoms with Gasteiger partial charge in [0.05, 0.1) is 0 Å². The van der Waals surface area contributed by atoms with E-state index < -0.39 is 0 Å². The first-order chi connectivity index (χ1) is 15.6. The molecule has 3 rings (SSSR count). The van der Waals surface area contributed by atoms with Crippen LogP contribution in [0.1, 0.15) is 105 Å². The summed E-state index contributed by atoms with van der Waals surface area (Å²) in [5.41, 5.74) is 7.34. The molecule has 0 fully saturated rings. The third-order valence-electron chi connectivity index (χ3n) is 6.42. The van der Waals surface area contributed by atoms with Gasteiger partial charge < -0.3 is 0 Å². The average molecular weight is 455 g/mol. The van der Waals surface area contributed by atoms with Crippen molar-refractivity contribution in [2.75, 3.05) is 0 Å². The van der Waals surface area contributed by atoms with E-state index in [2.05, 4.69) is 92.6 Å². The van der Waals surface area contributed by atoms with E-state index in [1.165, 1.54) is 11.1 Å². The van der Waals surface area contributed by atoms with Crippen molar-refractivity contribution in [1.29, 1.82) is 0 Å². The van der Waals surface area contributed by atoms with Crippen molar-refractivity contribution >= 4 is 12.1 Å². The second-order valence-corrected chi connectivity index (χ2v) is 12.4. The van der Waals surface area contributed by atoms with Crippen LogP contribution in [0.15, 0.2) is 60.7 Å². The van der Waals surface area contributed by atoms with E-state index in [1.807, 2.05) is 6.07 Å². The summed E-state index contributed by atoms with van der Waals surface area (Å²) >= 11 is 0. The molecule has 2 nitrogen and oxygen atoms in total. The number of aldehydes is 1. The van der Waals surface area contributed by atoms with E-state index in [0.29, 0.717) is 16.7 Å². The highest BCUT2D eigenvalue weighted by atomic mass is 16.1. The van der Waals surface area contributed by atoms with Gasteiger partial charge in [-0.05, 0) is 50.1 Å². The van der Waals surface area contributed by atoms with Crippen LogP contribution in [0.25, 0.3) is 11.1 Å². The summed E-state index contributed by atoms with van der Waals surface area (Å²) in [6.07, 6.45) is 0.798. The minimum absolute atomic E-state index is 0.0177. The fraction of sp³-hybridized carbons (Fsp3) is 0.375. The van der Waals surface area contributed by atoms with E-state index in [4.69, 9.17) is 0 Å². The van der Waals surface area contributed by atoms with Crippen LogP contribution in [0.3, 0.4) is 0 Å². The lowest BCUT2D eigenvalue weighted by Gasteiger charge is -2.27. The molecule has 0 bridgehead atoms. The smallest absolute Gasteiger partial charge is 0.193 e. The Morgan fingerprint density at radius 1 is 0.618 bits per heavy atom. The van der Waals surface area contributed by atoms with Crippen LogP contribution in [0.4, 0.5) is 0 Å². The van der Waals surface area contributed by atoms with Gasteiger partial charge in [0.2, 0.25) is 0 Å². The highest BCUT2D eigenvalue weighted by Crippen LogP contribution is 2.37. The van der Waals surface area contributed by atoms with Gasteiger partial charge in [-0.3, -0.25) is 9.59 Å². The Morgan fingerprint density at radius 3 is 1.56 bits per heavy atom. The molecule has 0 aromatic heterocycles. The van der Waals surface area contributed by atoms with Gasteiger partial charge in [0.1, 0.15) is 6.29 Å². The minimum atomic E-state index is -0.0846. The maximum Gasteiger partial charge on any atom is 0.193 e. The van der Waals surface area contributed by atoms with Gasteiger partial charge in [0, 0.05) is 16.7 Å². The Morgan fingerprint density at radius 2 is 1.12 bits per heavy atom. The number of hydrogen-bond acceptors (Lipinski definition) is 2. The zero-order valence-corrected chi connectivity index (χ0v) is 22.2. The molecule has 0 amide bonds. The lowest BCUT2D eigenvalue weighted by atomic mass is 9.77. The molecule has 178 valence electrons. The summed E-state index contributed by atoms with van der Waals surface area (Å²) < 4.78 is 0. The molecule has 0 aliphatic rings. The minimum Gasteiger partial charge on any atom is -0.298 e. The largest absolute Gasteiger partial charge is 0.298 e. The summed E-state index contributed by atoms with van der Waals surface area (Å²) in [4.78, 5) is 24.9. The van der Waals surface area contributed by atoms with Gasteiger partial charge in [0.15, 0.2) is 5.78 Å². The van der Waals surface area contributed by atoms with E-state index in [1.54, 1.807) is 24.3 Å². The van der Waals surface area contributed by atoms with Gasteiger partial charge in [-0.1, -0.05) is 117 Å². The lowest BCUT2D eigenvalue weighted by molar-refractivity contribution is 0.103. The summed E-state index contributed by atoms with van der Waals surface area (Å²) in [5, 5.41) is 0. The second kappa shape index (κ2) is 8.98. The quantitative estimate of drug-likeness (QED) is 0.293. The number of hydrogen-bond donors (Lipinski definition) is 0. The lowest BCUT2D eigenvalue weighted by Crippen LogP contribution is -2.17. The van der Waals surface area contributed by atoms with Crippen LogP contribution in [0.2, 0.25) is 0 Å². The monoisotopic (exact) mass is 454 g/mol. The average Bonchev–Trinajstić information content (AvgIpc) is 2.76. The molecule has 0 atom stereocenters. The SMILES string of the molecule is CC(C)(C)c1cc(-c2ccc(C(C)(C)C)cc2C(=O)c2ccc(C=O)cc2)cc(C(C)(C)C)c1. The first-order valence-electron chi connectivity index (χ1n) is 12.0. The van der Waals surface area contributed by atoms with E-state index in [9.17, 15) is 9.59 Å². The van der Waals surface area contributed by atoms with Crippen molar-refractivity contribution in [3.8, 4) is 11.1 Å². The third-order valence-corrected chi connectivity index (χ3v) is 6.42. The summed E-state index contributed by atoms with van der Waals surface area (Å²) in [6, 6.07) is 19.9. The molecular weight excluding hydrogens is 416 g/mol. The second-order valence-electron chi connectivity index (χ2n) is 12.4. The number of rotatable bonds is 4. The first kappa shape index (κ1) is 25.6. The fourth-order valence-corrected chi connectivity index (χ4v) is 3.97. The van der Waals surface area contributed by atoms with E-state index in [-0.39, 0.29) is 22.0 Å². The van der Waals surface area contributed by atoms with Crippen LogP contribution in [0, 0.1) is 0 Å². The number of carbonyl (C=O) groups is 2. The molecule has 0 heterocycles. The van der Waals surface area contributed by atoms with E-state index >= 15 is 0 Å². The molecule has 34 heavy (non-hydrogen) atoms. The number of ketones is 1. The summed E-state index contributed by atoms with van der Waals surface area (Å²) in [7, 11) is 0. The Balaban J connectivity index is 2.29. The molecule has 0 saturated carbocycles. The Hall–Kier alpha value is -3.00. The Bertz CT molecular complexity index is 1180. The van der Waals surface area contributed by atoms with Gasteiger partial charge in [-0.25, -0.2) is 0 Å². The fourth-order valence-electron chi connectivity index (χ4n) is 3.97. The zero-order chi connectivity index (χ0) is 25.5. The van der Waals surface area contributed by atoms with Gasteiger partial charge in [-0.2, -0.15) is 0 Å². The highest BCUT2D eigenvalue weighted by molar-refractivity contribution is 6.13. The molecule has 0 N–H and O–H groups in total. The number of benzene rings is 3. The standard InChI is InChI=1S/C32H38O2/c1-30(2,3)24-14-15-27(28(19-24)29(34)22-12-10-21(20-33)11-13-22)23-16-25(31(4,5)6)18-26(17-23)32(7,8)9/h10-20H,1-9H3. The Kier molecular flexibility index (Phi) is 6.77. The highest BCUT2D eigenvalue weighted by Gasteiger charge is 2.24. The van der Waals surface area contributed by atoms with Gasteiger partial charge >= 0.3 is 0 Å². The van der Waals surface area contributed by atoms with Crippen molar-refractivity contribution in [3.63, 3.8) is 0 Å². The van der Waals surface area contributed by atoms with Crippen molar-refractivity contribution in [3.05, 3.63) is 94.0 Å². The van der Waals surface area contributed by atoms with Crippen molar-refractivity contribution in [1.82, 2.24) is 0 Å². The topological polar surface area (TPSA) is 34.1 Å². The number of carbonyl (C=O) groups excluding carboxylic acids is 2. The molecule has 0 radical (unpaired) electrons. The van der Waals surface area contributed by atoms with Crippen LogP contribution < -0.4 is 0 Å². The predicted molar refractivity (Wildman–Crippen MR) is 143 cm³/mol. The normalized spacial score (nSPS) is 12.5.